The molecule has 2 aromatic heterocycles. The van der Waals surface area contributed by atoms with Gasteiger partial charge in [-0.05, 0) is 100 Å². The maximum atomic E-state index is 13.8. The van der Waals surface area contributed by atoms with Gasteiger partial charge in [-0.3, -0.25) is 10.6 Å². The zero-order chi connectivity index (χ0) is 54.2. The molecule has 8 aromatic carbocycles. The molecule has 0 spiro atoms. The largest absolute Gasteiger partial charge is 0.462 e. The van der Waals surface area contributed by atoms with E-state index in [1.165, 1.54) is 0 Å². The molecule has 0 saturated carbocycles. The minimum Gasteiger partial charge on any atom is -0.462 e. The highest BCUT2D eigenvalue weighted by atomic mass is 35.5. The highest BCUT2D eigenvalue weighted by molar-refractivity contribution is 8.00. The van der Waals surface area contributed by atoms with Crippen molar-refractivity contribution in [1.29, 1.82) is 0 Å². The summed E-state index contributed by atoms with van der Waals surface area (Å²) in [4.78, 5) is 63.7. The Morgan fingerprint density at radius 2 is 0.872 bits per heavy atom. The Labute approximate surface area is 465 Å². The van der Waals surface area contributed by atoms with Crippen molar-refractivity contribution in [3.63, 3.8) is 0 Å². The molecule has 0 bridgehead atoms. The van der Waals surface area contributed by atoms with Crippen LogP contribution in [0.2, 0.25) is 10.0 Å². The molecule has 392 valence electrons. The minimum absolute atomic E-state index is 0.201. The van der Waals surface area contributed by atoms with Crippen molar-refractivity contribution in [1.82, 2.24) is 9.97 Å². The normalized spacial score (nSPS) is 12.0. The van der Waals surface area contributed by atoms with Gasteiger partial charge in [0.2, 0.25) is 0 Å². The second-order valence-electron chi connectivity index (χ2n) is 17.7. The van der Waals surface area contributed by atoms with Crippen LogP contribution in [0.5, 0.6) is 0 Å². The van der Waals surface area contributed by atoms with Crippen LogP contribution in [0.3, 0.4) is 0 Å². The molecule has 0 atom stereocenters. The van der Waals surface area contributed by atoms with E-state index in [1.807, 2.05) is 97.1 Å². The van der Waals surface area contributed by atoms with Crippen molar-refractivity contribution < 1.29 is 38.1 Å². The maximum Gasteiger partial charge on any atom is 0.411 e. The number of esters is 2. The van der Waals surface area contributed by atoms with Crippen LogP contribution < -0.4 is 21.3 Å². The number of ether oxygens (including phenoxy) is 4. The highest BCUT2D eigenvalue weighted by Gasteiger charge is 2.35. The Bertz CT molecular complexity index is 3820. The van der Waals surface area contributed by atoms with Crippen LogP contribution in [0, 0.1) is 0 Å². The molecule has 0 radical (unpaired) electrons. The molecule has 18 heteroatoms. The molecule has 4 heterocycles. The molecule has 2 aliphatic rings. The molecular formula is C60H48Cl2N6O8S2. The number of para-hydroxylation sites is 4. The first-order valence-corrected chi connectivity index (χ1v) is 27.5. The van der Waals surface area contributed by atoms with Crippen LogP contribution in [0.25, 0.3) is 65.9 Å². The first-order chi connectivity index (χ1) is 38.0. The monoisotopic (exact) mass is 1110 g/mol. The van der Waals surface area contributed by atoms with Crippen molar-refractivity contribution in [3.8, 4) is 22.3 Å². The van der Waals surface area contributed by atoms with Crippen molar-refractivity contribution in [2.45, 2.75) is 47.3 Å². The number of benzene rings is 8. The van der Waals surface area contributed by atoms with Gasteiger partial charge in [-0.1, -0.05) is 107 Å². The van der Waals surface area contributed by atoms with Gasteiger partial charge in [0.05, 0.1) is 92.5 Å². The number of anilines is 6. The average molecular weight is 1120 g/mol. The second-order valence-corrected chi connectivity index (χ2v) is 20.7. The maximum absolute atomic E-state index is 13.8. The number of fused-ring (bicyclic) bond motifs is 12. The number of aromatic amines is 2. The molecule has 14 nitrogen and oxygen atoms in total. The standard InChI is InChI=1S/2C30H24ClN3O4S/c2*1-3-37-29(35)25-23(18-15-16(31)13-14-20(18)34-30(36)38-4-2)24-17-9-5-6-10-19(17)32-26(24)28-27(25)33-21-11-7-8-12-22(21)39-28/h2*5-15,32-33H,3-4H2,1-2H3,(H,34,36). The van der Waals surface area contributed by atoms with Gasteiger partial charge in [0.15, 0.2) is 0 Å². The Morgan fingerprint density at radius 3 is 1.28 bits per heavy atom. The molecule has 0 saturated heterocycles. The van der Waals surface area contributed by atoms with Gasteiger partial charge in [0.25, 0.3) is 0 Å². The van der Waals surface area contributed by atoms with Gasteiger partial charge >= 0.3 is 24.1 Å². The summed E-state index contributed by atoms with van der Waals surface area (Å²) >= 11 is 16.2. The molecule has 78 heavy (non-hydrogen) atoms. The summed E-state index contributed by atoms with van der Waals surface area (Å²) < 4.78 is 21.6. The summed E-state index contributed by atoms with van der Waals surface area (Å²) in [7, 11) is 0. The van der Waals surface area contributed by atoms with Gasteiger partial charge in [-0.2, -0.15) is 0 Å². The summed E-state index contributed by atoms with van der Waals surface area (Å²) in [6.07, 6.45) is -1.20. The fraction of sp³-hybridized carbons (Fsp3) is 0.133. The van der Waals surface area contributed by atoms with Crippen LogP contribution in [0.15, 0.2) is 153 Å². The number of carbonyl (C=O) groups excluding carboxylic acids is 4. The predicted octanol–water partition coefficient (Wildman–Crippen LogP) is 17.2. The number of nitrogens with one attached hydrogen (secondary N) is 6. The Morgan fingerprint density at radius 1 is 0.487 bits per heavy atom. The fourth-order valence-corrected chi connectivity index (χ4v) is 12.5. The Hall–Kier alpha value is -8.28. The van der Waals surface area contributed by atoms with Crippen molar-refractivity contribution in [3.05, 3.63) is 155 Å². The zero-order valence-corrected chi connectivity index (χ0v) is 45.5. The molecular weight excluding hydrogens is 1070 g/mol. The third-order valence-corrected chi connectivity index (χ3v) is 15.9. The third kappa shape index (κ3) is 9.54. The van der Waals surface area contributed by atoms with Crippen LogP contribution in [-0.2, 0) is 18.9 Å². The topological polar surface area (TPSA) is 185 Å². The number of hydrogen-bond acceptors (Lipinski definition) is 12. The summed E-state index contributed by atoms with van der Waals surface area (Å²) in [6.45, 7) is 7.86. The smallest absolute Gasteiger partial charge is 0.411 e. The minimum atomic E-state index is -0.602. The van der Waals surface area contributed by atoms with E-state index in [1.54, 1.807) is 87.6 Å². The Balaban J connectivity index is 0.000000165. The Kier molecular flexibility index (Phi) is 14.6. The van der Waals surface area contributed by atoms with Crippen molar-refractivity contribution in [2.24, 2.45) is 0 Å². The lowest BCUT2D eigenvalue weighted by molar-refractivity contribution is 0.0518. The number of carbonyl (C=O) groups is 4. The number of halogens is 2. The van der Waals surface area contributed by atoms with Gasteiger partial charge in [-0.15, -0.1) is 0 Å². The number of rotatable bonds is 10. The lowest BCUT2D eigenvalue weighted by atomic mass is 9.91. The van der Waals surface area contributed by atoms with Crippen LogP contribution in [0.4, 0.5) is 43.7 Å². The predicted molar refractivity (Wildman–Crippen MR) is 313 cm³/mol. The van der Waals surface area contributed by atoms with E-state index in [4.69, 9.17) is 42.1 Å². The highest BCUT2D eigenvalue weighted by Crippen LogP contribution is 2.56. The van der Waals surface area contributed by atoms with E-state index in [-0.39, 0.29) is 26.4 Å². The average Bonchev–Trinajstić information content (AvgIpc) is 4.21. The van der Waals surface area contributed by atoms with Crippen LogP contribution in [0.1, 0.15) is 48.4 Å². The molecule has 2 aliphatic heterocycles. The van der Waals surface area contributed by atoms with E-state index in [9.17, 15) is 19.2 Å². The van der Waals surface area contributed by atoms with E-state index in [2.05, 4.69) is 31.2 Å². The quantitative estimate of drug-likeness (QED) is 0.0563. The van der Waals surface area contributed by atoms with Gasteiger partial charge in [0.1, 0.15) is 0 Å². The SMILES string of the molecule is CCOC(=O)Nc1ccc(Cl)cc1-c1c(C(=O)OCC)c2c(c3[nH]c4ccccc4c13)Sc1ccccc1N2.CCOC(=O)Nc1ccc(Cl)cc1-c1c(C(=O)OCC)c2c(c3[nH]c4ccccc4c13)Sc1ccccc1N2. The van der Waals surface area contributed by atoms with Crippen molar-refractivity contribution in [2.75, 3.05) is 47.7 Å². The van der Waals surface area contributed by atoms with Crippen LogP contribution in [-0.4, -0.2) is 60.5 Å². The summed E-state index contributed by atoms with van der Waals surface area (Å²) in [5, 5.41) is 17.1. The lowest BCUT2D eigenvalue weighted by Crippen LogP contribution is -2.16. The fourth-order valence-electron chi connectivity index (χ4n) is 9.94. The number of aromatic nitrogens is 2. The zero-order valence-electron chi connectivity index (χ0n) is 42.4. The summed E-state index contributed by atoms with van der Waals surface area (Å²) in [6, 6.07) is 42.1. The first-order valence-electron chi connectivity index (χ1n) is 25.1. The first kappa shape index (κ1) is 51.8. The third-order valence-electron chi connectivity index (χ3n) is 13.0. The summed E-state index contributed by atoms with van der Waals surface area (Å²) in [5.74, 6) is -0.962. The van der Waals surface area contributed by atoms with Crippen molar-refractivity contribution >= 4 is 149 Å². The lowest BCUT2D eigenvalue weighted by Gasteiger charge is -2.26. The molecule has 2 amide bonds. The van der Waals surface area contributed by atoms with E-state index < -0.39 is 24.1 Å². The van der Waals surface area contributed by atoms with Gasteiger partial charge < -0.3 is 39.5 Å². The number of H-pyrrole nitrogens is 2. The number of hydrogen-bond donors (Lipinski definition) is 6. The molecule has 0 aliphatic carbocycles. The van der Waals surface area contributed by atoms with Gasteiger partial charge in [0, 0.05) is 74.7 Å². The second kappa shape index (κ2) is 22.0. The van der Waals surface area contributed by atoms with E-state index in [0.717, 1.165) is 74.6 Å². The molecule has 10 aromatic rings. The van der Waals surface area contributed by atoms with E-state index >= 15 is 0 Å². The number of amides is 2. The molecule has 0 fully saturated rings. The molecule has 0 unspecified atom stereocenters. The molecule has 6 N–H and O–H groups in total. The molecule has 12 rings (SSSR count). The summed E-state index contributed by atoms with van der Waals surface area (Å²) in [5.41, 5.74) is 10.6. The van der Waals surface area contributed by atoms with E-state index in [0.29, 0.717) is 66.2 Å². The van der Waals surface area contributed by atoms with Crippen LogP contribution >= 0.6 is 46.7 Å². The van der Waals surface area contributed by atoms with Gasteiger partial charge in [-0.25, -0.2) is 19.2 Å².